The zero-order chi connectivity index (χ0) is 26.9. The highest BCUT2D eigenvalue weighted by atomic mass is 16.5. The standard InChI is InChI=1S/C30H37N3O5/c1-35-26-7-5-22(19-28(26)37-3)11-16-32-17-12-24(13-18-32)33(30(34)20-23-9-14-31-15-10-23)25-6-8-27(36-2)29(21-25)38-4/h5-10,14-15,19,21,24H,11-13,16-18,20H2,1-4H3. The molecule has 1 saturated heterocycles. The van der Waals surface area contributed by atoms with Crippen LogP contribution in [-0.2, 0) is 17.6 Å². The second kappa shape index (κ2) is 13.1. The Bertz CT molecular complexity index is 1200. The van der Waals surface area contributed by atoms with E-state index in [0.717, 1.165) is 61.6 Å². The summed E-state index contributed by atoms with van der Waals surface area (Å²) in [6, 6.07) is 15.7. The molecule has 0 radical (unpaired) electrons. The minimum atomic E-state index is 0.0622. The molecule has 1 fully saturated rings. The van der Waals surface area contributed by atoms with Crippen molar-refractivity contribution in [2.75, 3.05) is 53.0 Å². The topological polar surface area (TPSA) is 73.4 Å². The largest absolute Gasteiger partial charge is 0.493 e. The van der Waals surface area contributed by atoms with Gasteiger partial charge in [0.15, 0.2) is 23.0 Å². The predicted octanol–water partition coefficient (Wildman–Crippen LogP) is 4.40. The van der Waals surface area contributed by atoms with Gasteiger partial charge in [0, 0.05) is 49.8 Å². The predicted molar refractivity (Wildman–Crippen MR) is 148 cm³/mol. The van der Waals surface area contributed by atoms with Gasteiger partial charge < -0.3 is 28.7 Å². The lowest BCUT2D eigenvalue weighted by molar-refractivity contribution is -0.118. The van der Waals surface area contributed by atoms with E-state index < -0.39 is 0 Å². The third-order valence-corrected chi connectivity index (χ3v) is 7.11. The molecule has 1 aromatic heterocycles. The Balaban J connectivity index is 1.45. The average Bonchev–Trinajstić information content (AvgIpc) is 2.97. The van der Waals surface area contributed by atoms with E-state index in [0.29, 0.717) is 17.9 Å². The normalized spacial score (nSPS) is 14.1. The van der Waals surface area contributed by atoms with Crippen LogP contribution in [0.1, 0.15) is 24.0 Å². The molecule has 4 rings (SSSR count). The Morgan fingerprint density at radius 2 is 1.42 bits per heavy atom. The fourth-order valence-corrected chi connectivity index (χ4v) is 5.02. The maximum absolute atomic E-state index is 13.7. The van der Waals surface area contributed by atoms with Gasteiger partial charge in [0.1, 0.15) is 0 Å². The molecule has 0 saturated carbocycles. The molecule has 0 spiro atoms. The van der Waals surface area contributed by atoms with Crippen molar-refractivity contribution in [3.05, 3.63) is 72.1 Å². The lowest BCUT2D eigenvalue weighted by atomic mass is 10.00. The van der Waals surface area contributed by atoms with Crippen LogP contribution in [0.3, 0.4) is 0 Å². The first kappa shape index (κ1) is 27.3. The van der Waals surface area contributed by atoms with E-state index in [2.05, 4.69) is 16.0 Å². The van der Waals surface area contributed by atoms with Crippen LogP contribution in [0, 0.1) is 0 Å². The van der Waals surface area contributed by atoms with E-state index in [9.17, 15) is 4.79 Å². The van der Waals surface area contributed by atoms with Crippen LogP contribution in [0.2, 0.25) is 0 Å². The Hall–Kier alpha value is -3.78. The number of ether oxygens (including phenoxy) is 4. The van der Waals surface area contributed by atoms with Gasteiger partial charge >= 0.3 is 0 Å². The van der Waals surface area contributed by atoms with Gasteiger partial charge in [-0.25, -0.2) is 0 Å². The van der Waals surface area contributed by atoms with E-state index in [4.69, 9.17) is 18.9 Å². The summed E-state index contributed by atoms with van der Waals surface area (Å²) < 4.78 is 21.8. The summed E-state index contributed by atoms with van der Waals surface area (Å²) in [6.45, 7) is 2.79. The number of pyridine rings is 1. The number of hydrogen-bond donors (Lipinski definition) is 0. The molecule has 1 aliphatic heterocycles. The van der Waals surface area contributed by atoms with Crippen molar-refractivity contribution >= 4 is 11.6 Å². The van der Waals surface area contributed by atoms with Crippen LogP contribution in [-0.4, -0.2) is 69.9 Å². The number of aromatic nitrogens is 1. The number of nitrogens with zero attached hydrogens (tertiary/aromatic N) is 3. The number of likely N-dealkylation sites (tertiary alicyclic amines) is 1. The molecule has 8 heteroatoms. The Labute approximate surface area is 225 Å². The molecule has 2 aromatic carbocycles. The third-order valence-electron chi connectivity index (χ3n) is 7.11. The summed E-state index contributed by atoms with van der Waals surface area (Å²) in [7, 11) is 6.53. The van der Waals surface area contributed by atoms with Crippen LogP contribution < -0.4 is 23.8 Å². The van der Waals surface area contributed by atoms with Gasteiger partial charge in [0.05, 0.1) is 34.9 Å². The molecule has 1 amide bonds. The van der Waals surface area contributed by atoms with Gasteiger partial charge in [0.2, 0.25) is 5.91 Å². The molecule has 2 heterocycles. The number of hydrogen-bond acceptors (Lipinski definition) is 7. The highest BCUT2D eigenvalue weighted by Crippen LogP contribution is 2.34. The summed E-state index contributed by atoms with van der Waals surface area (Å²) in [4.78, 5) is 22.2. The molecule has 3 aromatic rings. The number of piperidine rings is 1. The van der Waals surface area contributed by atoms with Crippen LogP contribution in [0.4, 0.5) is 5.69 Å². The fourth-order valence-electron chi connectivity index (χ4n) is 5.02. The summed E-state index contributed by atoms with van der Waals surface area (Å²) in [5.41, 5.74) is 2.98. The Morgan fingerprint density at radius 1 is 0.816 bits per heavy atom. The van der Waals surface area contributed by atoms with E-state index in [-0.39, 0.29) is 11.9 Å². The van der Waals surface area contributed by atoms with Gasteiger partial charge in [-0.2, -0.15) is 0 Å². The van der Waals surface area contributed by atoms with Crippen molar-refractivity contribution in [3.8, 4) is 23.0 Å². The van der Waals surface area contributed by atoms with Gasteiger partial charge in [-0.15, -0.1) is 0 Å². The maximum atomic E-state index is 13.7. The van der Waals surface area contributed by atoms with Crippen molar-refractivity contribution in [1.82, 2.24) is 9.88 Å². The van der Waals surface area contributed by atoms with Crippen LogP contribution in [0.25, 0.3) is 0 Å². The number of carbonyl (C=O) groups is 1. The molecule has 8 nitrogen and oxygen atoms in total. The molecule has 0 bridgehead atoms. The lowest BCUT2D eigenvalue weighted by Gasteiger charge is -2.39. The first-order valence-electron chi connectivity index (χ1n) is 12.9. The number of carbonyl (C=O) groups excluding carboxylic acids is 1. The Kier molecular flexibility index (Phi) is 9.43. The zero-order valence-corrected chi connectivity index (χ0v) is 22.7. The van der Waals surface area contributed by atoms with Gasteiger partial charge in [0.25, 0.3) is 0 Å². The fraction of sp³-hybridized carbons (Fsp3) is 0.400. The van der Waals surface area contributed by atoms with Gasteiger partial charge in [-0.05, 0) is 66.8 Å². The highest BCUT2D eigenvalue weighted by molar-refractivity contribution is 5.95. The van der Waals surface area contributed by atoms with Crippen molar-refractivity contribution in [1.29, 1.82) is 0 Å². The van der Waals surface area contributed by atoms with Crippen LogP contribution >= 0.6 is 0 Å². The van der Waals surface area contributed by atoms with Crippen molar-refractivity contribution in [3.63, 3.8) is 0 Å². The van der Waals surface area contributed by atoms with Crippen molar-refractivity contribution < 1.29 is 23.7 Å². The second-order valence-corrected chi connectivity index (χ2v) is 9.35. The number of rotatable bonds is 11. The van der Waals surface area contributed by atoms with E-state index in [1.54, 1.807) is 40.8 Å². The molecule has 0 unspecified atom stereocenters. The molecular weight excluding hydrogens is 482 g/mol. The van der Waals surface area contributed by atoms with Gasteiger partial charge in [-0.3, -0.25) is 9.78 Å². The quantitative estimate of drug-likeness (QED) is 0.372. The summed E-state index contributed by atoms with van der Waals surface area (Å²) >= 11 is 0. The number of benzene rings is 2. The summed E-state index contributed by atoms with van der Waals surface area (Å²) in [5.74, 6) is 2.81. The molecule has 0 aliphatic carbocycles. The third kappa shape index (κ3) is 6.55. The zero-order valence-electron chi connectivity index (χ0n) is 22.7. The van der Waals surface area contributed by atoms with Gasteiger partial charge in [-0.1, -0.05) is 6.07 Å². The maximum Gasteiger partial charge on any atom is 0.231 e. The smallest absolute Gasteiger partial charge is 0.231 e. The minimum Gasteiger partial charge on any atom is -0.493 e. The average molecular weight is 520 g/mol. The Morgan fingerprint density at radius 3 is 2.05 bits per heavy atom. The van der Waals surface area contributed by atoms with Crippen LogP contribution in [0.5, 0.6) is 23.0 Å². The molecular formula is C30H37N3O5. The van der Waals surface area contributed by atoms with Crippen molar-refractivity contribution in [2.24, 2.45) is 0 Å². The molecule has 0 N–H and O–H groups in total. The van der Waals surface area contributed by atoms with Crippen molar-refractivity contribution in [2.45, 2.75) is 31.7 Å². The van der Waals surface area contributed by atoms with E-state index in [1.807, 2.05) is 47.4 Å². The first-order valence-corrected chi connectivity index (χ1v) is 12.9. The lowest BCUT2D eigenvalue weighted by Crippen LogP contribution is -2.48. The summed E-state index contributed by atoms with van der Waals surface area (Å²) in [5, 5.41) is 0. The number of methoxy groups -OCH3 is 4. The second-order valence-electron chi connectivity index (χ2n) is 9.35. The molecule has 0 atom stereocenters. The number of anilines is 1. The van der Waals surface area contributed by atoms with E-state index in [1.165, 1.54) is 5.56 Å². The van der Waals surface area contributed by atoms with E-state index >= 15 is 0 Å². The molecule has 202 valence electrons. The SMILES string of the molecule is COc1ccc(CCN2CCC(N(C(=O)Cc3ccncc3)c3ccc(OC)c(OC)c3)CC2)cc1OC. The minimum absolute atomic E-state index is 0.0622. The number of amides is 1. The highest BCUT2D eigenvalue weighted by Gasteiger charge is 2.30. The van der Waals surface area contributed by atoms with Crippen LogP contribution in [0.15, 0.2) is 60.9 Å². The molecule has 38 heavy (non-hydrogen) atoms. The summed E-state index contributed by atoms with van der Waals surface area (Å²) in [6.07, 6.45) is 6.47. The first-order chi connectivity index (χ1) is 18.6. The monoisotopic (exact) mass is 519 g/mol. The molecule has 1 aliphatic rings.